The molecule has 1 atom stereocenters. The van der Waals surface area contributed by atoms with Crippen molar-refractivity contribution < 1.29 is 13.2 Å². The molecule has 7 nitrogen and oxygen atoms in total. The minimum atomic E-state index is -3.44. The summed E-state index contributed by atoms with van der Waals surface area (Å²) in [5.74, 6) is 0.117. The van der Waals surface area contributed by atoms with E-state index >= 15 is 0 Å². The van der Waals surface area contributed by atoms with Crippen molar-refractivity contribution in [1.29, 1.82) is 0 Å². The van der Waals surface area contributed by atoms with Gasteiger partial charge in [0, 0.05) is 45.5 Å². The van der Waals surface area contributed by atoms with E-state index in [4.69, 9.17) is 0 Å². The first-order chi connectivity index (χ1) is 12.9. The van der Waals surface area contributed by atoms with Crippen LogP contribution < -0.4 is 0 Å². The molecule has 3 heterocycles. The van der Waals surface area contributed by atoms with E-state index in [9.17, 15) is 13.2 Å². The molecule has 2 fully saturated rings. The summed E-state index contributed by atoms with van der Waals surface area (Å²) in [6.45, 7) is 9.55. The molecule has 0 N–H and O–H groups in total. The first kappa shape index (κ1) is 20.6. The lowest BCUT2D eigenvalue weighted by Crippen LogP contribution is -2.50. The highest BCUT2D eigenvalue weighted by Gasteiger charge is 2.28. The quantitative estimate of drug-likeness (QED) is 0.660. The summed E-state index contributed by atoms with van der Waals surface area (Å²) in [6, 6.07) is 3.30. The summed E-state index contributed by atoms with van der Waals surface area (Å²) < 4.78 is 26.6. The predicted molar refractivity (Wildman–Crippen MR) is 106 cm³/mol. The van der Waals surface area contributed by atoms with Gasteiger partial charge in [-0.25, -0.2) is 13.4 Å². The SMILES string of the molecule is CCN1CCN(C(=O)C(C)Sc2ccc(S(=O)(=O)N3CCCC3)cn2)CC1. The molecule has 2 aliphatic heterocycles. The first-order valence-corrected chi connectivity index (χ1v) is 11.9. The average Bonchev–Trinajstić information content (AvgIpc) is 3.23. The van der Waals surface area contributed by atoms with E-state index in [1.807, 2.05) is 11.8 Å². The van der Waals surface area contributed by atoms with Gasteiger partial charge >= 0.3 is 0 Å². The summed E-state index contributed by atoms with van der Waals surface area (Å²) in [4.78, 5) is 21.4. The maximum atomic E-state index is 12.7. The van der Waals surface area contributed by atoms with Crippen LogP contribution in [0.4, 0.5) is 0 Å². The summed E-state index contributed by atoms with van der Waals surface area (Å²) in [7, 11) is -3.44. The number of pyridine rings is 1. The first-order valence-electron chi connectivity index (χ1n) is 9.56. The normalized spacial score (nSPS) is 20.7. The van der Waals surface area contributed by atoms with Crippen LogP contribution in [-0.2, 0) is 14.8 Å². The largest absolute Gasteiger partial charge is 0.339 e. The second-order valence-electron chi connectivity index (χ2n) is 6.96. The van der Waals surface area contributed by atoms with E-state index in [0.29, 0.717) is 18.1 Å². The molecule has 27 heavy (non-hydrogen) atoms. The van der Waals surface area contributed by atoms with E-state index in [0.717, 1.165) is 45.6 Å². The highest BCUT2D eigenvalue weighted by Crippen LogP contribution is 2.26. The molecule has 0 spiro atoms. The maximum Gasteiger partial charge on any atom is 0.244 e. The third-order valence-electron chi connectivity index (χ3n) is 5.19. The molecule has 0 aromatic carbocycles. The van der Waals surface area contributed by atoms with Crippen LogP contribution in [0.2, 0.25) is 0 Å². The molecule has 0 bridgehead atoms. The van der Waals surface area contributed by atoms with Gasteiger partial charge in [0.15, 0.2) is 0 Å². The number of aromatic nitrogens is 1. The molecule has 9 heteroatoms. The highest BCUT2D eigenvalue weighted by molar-refractivity contribution is 8.00. The van der Waals surface area contributed by atoms with Crippen molar-refractivity contribution in [3.8, 4) is 0 Å². The van der Waals surface area contributed by atoms with E-state index in [1.54, 1.807) is 12.1 Å². The van der Waals surface area contributed by atoms with Crippen molar-refractivity contribution >= 4 is 27.7 Å². The number of hydrogen-bond donors (Lipinski definition) is 0. The predicted octanol–water partition coefficient (Wildman–Crippen LogP) is 1.51. The van der Waals surface area contributed by atoms with Gasteiger partial charge in [-0.2, -0.15) is 4.31 Å². The molecule has 3 rings (SSSR count). The Kier molecular flexibility index (Phi) is 6.78. The topological polar surface area (TPSA) is 73.8 Å². The van der Waals surface area contributed by atoms with Gasteiger partial charge in [0.2, 0.25) is 15.9 Å². The Balaban J connectivity index is 1.58. The van der Waals surface area contributed by atoms with Gasteiger partial charge < -0.3 is 9.80 Å². The summed E-state index contributed by atoms with van der Waals surface area (Å²) in [5, 5.41) is 0.426. The van der Waals surface area contributed by atoms with Crippen molar-refractivity contribution in [1.82, 2.24) is 19.1 Å². The third-order valence-corrected chi connectivity index (χ3v) is 8.11. The van der Waals surface area contributed by atoms with Crippen LogP contribution in [0.1, 0.15) is 26.7 Å². The fourth-order valence-corrected chi connectivity index (χ4v) is 5.77. The number of likely N-dealkylation sites (N-methyl/N-ethyl adjacent to an activating group) is 1. The van der Waals surface area contributed by atoms with Crippen molar-refractivity contribution in [3.05, 3.63) is 18.3 Å². The Bertz CT molecular complexity index is 740. The standard InChI is InChI=1S/C18H28N4O3S2/c1-3-20-10-12-21(13-11-20)18(23)15(2)26-17-7-6-16(14-19-17)27(24,25)22-8-4-5-9-22/h6-7,14-15H,3-5,8-13H2,1-2H3. The Hall–Kier alpha value is -1.16. The molecule has 2 aliphatic rings. The third kappa shape index (κ3) is 4.82. The van der Waals surface area contributed by atoms with Gasteiger partial charge in [0.1, 0.15) is 4.90 Å². The second kappa shape index (κ2) is 8.89. The van der Waals surface area contributed by atoms with Crippen LogP contribution in [-0.4, -0.2) is 84.5 Å². The monoisotopic (exact) mass is 412 g/mol. The minimum Gasteiger partial charge on any atom is -0.339 e. The van der Waals surface area contributed by atoms with Gasteiger partial charge in [0.25, 0.3) is 0 Å². The minimum absolute atomic E-state index is 0.117. The lowest BCUT2D eigenvalue weighted by molar-refractivity contribution is -0.132. The molecule has 1 unspecified atom stereocenters. The van der Waals surface area contributed by atoms with Crippen molar-refractivity contribution in [2.45, 2.75) is 41.9 Å². The van der Waals surface area contributed by atoms with Gasteiger partial charge in [0.05, 0.1) is 10.3 Å². The van der Waals surface area contributed by atoms with Crippen LogP contribution in [0.15, 0.2) is 28.3 Å². The Labute approximate surface area is 166 Å². The fraction of sp³-hybridized carbons (Fsp3) is 0.667. The van der Waals surface area contributed by atoms with Crippen molar-refractivity contribution in [2.24, 2.45) is 0 Å². The Morgan fingerprint density at radius 1 is 1.15 bits per heavy atom. The van der Waals surface area contributed by atoms with Crippen LogP contribution in [0.25, 0.3) is 0 Å². The molecule has 2 saturated heterocycles. The molecule has 0 aliphatic carbocycles. The molecular weight excluding hydrogens is 384 g/mol. The number of nitrogens with zero attached hydrogens (tertiary/aromatic N) is 4. The summed E-state index contributed by atoms with van der Waals surface area (Å²) >= 11 is 1.38. The zero-order valence-corrected chi connectivity index (χ0v) is 17.6. The maximum absolute atomic E-state index is 12.7. The Morgan fingerprint density at radius 2 is 1.81 bits per heavy atom. The average molecular weight is 413 g/mol. The lowest BCUT2D eigenvalue weighted by Gasteiger charge is -2.35. The molecule has 0 saturated carbocycles. The number of carbonyl (C=O) groups is 1. The van der Waals surface area contributed by atoms with E-state index in [1.165, 1.54) is 22.3 Å². The molecule has 1 aromatic rings. The number of piperazine rings is 1. The van der Waals surface area contributed by atoms with Crippen LogP contribution in [0.5, 0.6) is 0 Å². The number of sulfonamides is 1. The zero-order chi connectivity index (χ0) is 19.4. The van der Waals surface area contributed by atoms with Gasteiger partial charge in [-0.15, -0.1) is 0 Å². The van der Waals surface area contributed by atoms with Crippen LogP contribution in [0.3, 0.4) is 0 Å². The molecule has 0 radical (unpaired) electrons. The molecule has 1 amide bonds. The molecule has 1 aromatic heterocycles. The smallest absolute Gasteiger partial charge is 0.244 e. The van der Waals surface area contributed by atoms with Crippen LogP contribution in [0, 0.1) is 0 Å². The highest BCUT2D eigenvalue weighted by atomic mass is 32.2. The van der Waals surface area contributed by atoms with E-state index in [-0.39, 0.29) is 16.1 Å². The second-order valence-corrected chi connectivity index (χ2v) is 10.3. The zero-order valence-electron chi connectivity index (χ0n) is 16.0. The summed E-state index contributed by atoms with van der Waals surface area (Å²) in [5.41, 5.74) is 0. The lowest BCUT2D eigenvalue weighted by atomic mass is 10.3. The number of rotatable bonds is 6. The number of hydrogen-bond acceptors (Lipinski definition) is 6. The van der Waals surface area contributed by atoms with Gasteiger partial charge in [-0.05, 0) is 38.4 Å². The van der Waals surface area contributed by atoms with Crippen molar-refractivity contribution in [2.75, 3.05) is 45.8 Å². The van der Waals surface area contributed by atoms with E-state index < -0.39 is 10.0 Å². The Morgan fingerprint density at radius 3 is 2.37 bits per heavy atom. The molecular formula is C18H28N4O3S2. The van der Waals surface area contributed by atoms with E-state index in [2.05, 4.69) is 16.8 Å². The number of thioether (sulfide) groups is 1. The van der Waals surface area contributed by atoms with Gasteiger partial charge in [-0.3, -0.25) is 4.79 Å². The number of carbonyl (C=O) groups excluding carboxylic acids is 1. The molecule has 150 valence electrons. The fourth-order valence-electron chi connectivity index (χ4n) is 3.44. The van der Waals surface area contributed by atoms with Crippen molar-refractivity contribution in [3.63, 3.8) is 0 Å². The van der Waals surface area contributed by atoms with Crippen LogP contribution >= 0.6 is 11.8 Å². The van der Waals surface area contributed by atoms with Gasteiger partial charge in [-0.1, -0.05) is 18.7 Å². The summed E-state index contributed by atoms with van der Waals surface area (Å²) in [6.07, 6.45) is 3.23. The number of amides is 1.